The first-order valence-corrected chi connectivity index (χ1v) is 9.23. The maximum absolute atomic E-state index is 12.2. The van der Waals surface area contributed by atoms with Crippen LogP contribution in [0.4, 0.5) is 4.79 Å². The minimum Gasteiger partial charge on any atom is -0.439 e. The third-order valence-electron chi connectivity index (χ3n) is 5.81. The number of fused-ring (bicyclic) bond motifs is 2. The molecule has 1 heterocycles. The fourth-order valence-corrected chi connectivity index (χ4v) is 4.55. The van der Waals surface area contributed by atoms with Gasteiger partial charge in [0.25, 0.3) is 0 Å². The SMILES string of the molecule is C[C@@H](NC(=O)NCc1ncc(-c2ccccc2)o1)[C@H]1C[C@H]2CC[C@H]1C2. The van der Waals surface area contributed by atoms with E-state index in [9.17, 15) is 4.79 Å². The summed E-state index contributed by atoms with van der Waals surface area (Å²) in [5, 5.41) is 5.95. The van der Waals surface area contributed by atoms with Gasteiger partial charge in [-0.25, -0.2) is 9.78 Å². The van der Waals surface area contributed by atoms with Gasteiger partial charge in [-0.3, -0.25) is 0 Å². The maximum Gasteiger partial charge on any atom is 0.315 e. The molecule has 25 heavy (non-hydrogen) atoms. The molecule has 2 bridgehead atoms. The number of oxazole rings is 1. The number of nitrogens with one attached hydrogen (secondary N) is 2. The first-order chi connectivity index (χ1) is 12.2. The highest BCUT2D eigenvalue weighted by Crippen LogP contribution is 2.49. The van der Waals surface area contributed by atoms with E-state index in [1.165, 1.54) is 25.7 Å². The van der Waals surface area contributed by atoms with Crippen LogP contribution in [0.3, 0.4) is 0 Å². The van der Waals surface area contributed by atoms with Crippen LogP contribution in [0.25, 0.3) is 11.3 Å². The minimum absolute atomic E-state index is 0.144. The predicted molar refractivity (Wildman–Crippen MR) is 95.7 cm³/mol. The number of urea groups is 1. The van der Waals surface area contributed by atoms with Crippen LogP contribution in [-0.2, 0) is 6.54 Å². The molecule has 2 fully saturated rings. The average molecular weight is 339 g/mol. The first kappa shape index (κ1) is 16.2. The summed E-state index contributed by atoms with van der Waals surface area (Å²) in [5.74, 6) is 3.57. The Hall–Kier alpha value is -2.30. The van der Waals surface area contributed by atoms with Gasteiger partial charge in [-0.05, 0) is 43.9 Å². The number of hydrogen-bond acceptors (Lipinski definition) is 3. The molecule has 2 saturated carbocycles. The molecule has 2 aliphatic carbocycles. The molecule has 132 valence electrons. The highest BCUT2D eigenvalue weighted by molar-refractivity contribution is 5.74. The van der Waals surface area contributed by atoms with E-state index >= 15 is 0 Å². The van der Waals surface area contributed by atoms with E-state index in [1.54, 1.807) is 6.20 Å². The Kier molecular flexibility index (Phi) is 4.47. The van der Waals surface area contributed by atoms with E-state index in [2.05, 4.69) is 22.5 Å². The van der Waals surface area contributed by atoms with Crippen LogP contribution in [0.2, 0.25) is 0 Å². The van der Waals surface area contributed by atoms with Gasteiger partial charge in [-0.15, -0.1) is 0 Å². The number of benzene rings is 1. The van der Waals surface area contributed by atoms with Crippen LogP contribution >= 0.6 is 0 Å². The third kappa shape index (κ3) is 3.55. The fourth-order valence-electron chi connectivity index (χ4n) is 4.55. The zero-order chi connectivity index (χ0) is 17.2. The number of carbonyl (C=O) groups is 1. The molecule has 0 unspecified atom stereocenters. The minimum atomic E-state index is -0.144. The maximum atomic E-state index is 12.2. The summed E-state index contributed by atoms with van der Waals surface area (Å²) in [7, 11) is 0. The number of carbonyl (C=O) groups excluding carboxylic acids is 1. The van der Waals surface area contributed by atoms with E-state index in [-0.39, 0.29) is 12.1 Å². The lowest BCUT2D eigenvalue weighted by molar-refractivity contribution is 0.219. The van der Waals surface area contributed by atoms with Gasteiger partial charge in [0.05, 0.1) is 12.7 Å². The summed E-state index contributed by atoms with van der Waals surface area (Å²) in [6.45, 7) is 2.42. The molecule has 1 aromatic heterocycles. The molecule has 2 amide bonds. The first-order valence-electron chi connectivity index (χ1n) is 9.23. The Morgan fingerprint density at radius 2 is 2.12 bits per heavy atom. The largest absolute Gasteiger partial charge is 0.439 e. The van der Waals surface area contributed by atoms with Crippen molar-refractivity contribution >= 4 is 6.03 Å². The van der Waals surface area contributed by atoms with Crippen molar-refractivity contribution in [3.8, 4) is 11.3 Å². The van der Waals surface area contributed by atoms with Gasteiger partial charge in [0.15, 0.2) is 5.76 Å². The molecule has 0 saturated heterocycles. The summed E-state index contributed by atoms with van der Waals surface area (Å²) in [4.78, 5) is 16.4. The van der Waals surface area contributed by atoms with Gasteiger partial charge in [0.2, 0.25) is 5.89 Å². The summed E-state index contributed by atoms with van der Waals surface area (Å²) >= 11 is 0. The van der Waals surface area contributed by atoms with Gasteiger partial charge in [-0.2, -0.15) is 0 Å². The van der Waals surface area contributed by atoms with E-state index in [0.29, 0.717) is 24.1 Å². The highest BCUT2D eigenvalue weighted by Gasteiger charge is 2.42. The highest BCUT2D eigenvalue weighted by atomic mass is 16.4. The zero-order valence-electron chi connectivity index (χ0n) is 14.6. The van der Waals surface area contributed by atoms with Gasteiger partial charge in [0, 0.05) is 11.6 Å². The normalized spacial score (nSPS) is 25.7. The Bertz CT molecular complexity index is 728. The van der Waals surface area contributed by atoms with Crippen LogP contribution in [0, 0.1) is 17.8 Å². The summed E-state index contributed by atoms with van der Waals surface area (Å²) in [6.07, 6.45) is 7.04. The number of aromatic nitrogens is 1. The second kappa shape index (κ2) is 6.90. The summed E-state index contributed by atoms with van der Waals surface area (Å²) in [5.41, 5.74) is 0.982. The smallest absolute Gasteiger partial charge is 0.315 e. The van der Waals surface area contributed by atoms with Crippen LogP contribution in [0.1, 0.15) is 38.5 Å². The van der Waals surface area contributed by atoms with Crippen molar-refractivity contribution in [3.05, 3.63) is 42.4 Å². The lowest BCUT2D eigenvalue weighted by atomic mass is 9.84. The van der Waals surface area contributed by atoms with Crippen molar-refractivity contribution in [2.75, 3.05) is 0 Å². The molecule has 1 aromatic carbocycles. The van der Waals surface area contributed by atoms with Crippen molar-refractivity contribution in [1.29, 1.82) is 0 Å². The Morgan fingerprint density at radius 1 is 1.28 bits per heavy atom. The standard InChI is InChI=1S/C20H25N3O2/c1-13(17-10-14-7-8-16(17)9-14)23-20(24)22-12-19-21-11-18(25-19)15-5-3-2-4-6-15/h2-6,11,13-14,16-17H,7-10,12H2,1H3,(H2,22,23,24)/t13-,14+,16+,17-/m1/s1. The molecule has 0 aliphatic heterocycles. The molecule has 2 aromatic rings. The molecule has 5 nitrogen and oxygen atoms in total. The second-order valence-electron chi connectivity index (χ2n) is 7.44. The molecular weight excluding hydrogens is 314 g/mol. The van der Waals surface area contributed by atoms with Crippen molar-refractivity contribution in [2.24, 2.45) is 17.8 Å². The van der Waals surface area contributed by atoms with Gasteiger partial charge in [-0.1, -0.05) is 36.8 Å². The van der Waals surface area contributed by atoms with Gasteiger partial charge < -0.3 is 15.1 Å². The molecule has 5 heteroatoms. The summed E-state index contributed by atoms with van der Waals surface area (Å²) < 4.78 is 5.71. The van der Waals surface area contributed by atoms with Crippen molar-refractivity contribution in [1.82, 2.24) is 15.6 Å². The number of rotatable bonds is 5. The van der Waals surface area contributed by atoms with Crippen LogP contribution < -0.4 is 10.6 Å². The molecule has 0 spiro atoms. The molecule has 2 aliphatic rings. The molecule has 4 rings (SSSR count). The number of hydrogen-bond donors (Lipinski definition) is 2. The Morgan fingerprint density at radius 3 is 2.84 bits per heavy atom. The lowest BCUT2D eigenvalue weighted by Crippen LogP contribution is -2.45. The summed E-state index contributed by atoms with van der Waals surface area (Å²) in [6, 6.07) is 9.91. The van der Waals surface area contributed by atoms with Crippen molar-refractivity contribution < 1.29 is 9.21 Å². The van der Waals surface area contributed by atoms with Crippen molar-refractivity contribution in [2.45, 2.75) is 45.2 Å². The molecular formula is C20H25N3O2. The lowest BCUT2D eigenvalue weighted by Gasteiger charge is -2.28. The Balaban J connectivity index is 1.27. The van der Waals surface area contributed by atoms with E-state index < -0.39 is 0 Å². The quantitative estimate of drug-likeness (QED) is 0.866. The molecule has 2 N–H and O–H groups in total. The predicted octanol–water partition coefficient (Wildman–Crippen LogP) is 3.97. The molecule has 0 radical (unpaired) electrons. The van der Waals surface area contributed by atoms with Gasteiger partial charge in [0.1, 0.15) is 0 Å². The van der Waals surface area contributed by atoms with E-state index in [0.717, 1.165) is 17.4 Å². The van der Waals surface area contributed by atoms with Crippen LogP contribution in [0.15, 0.2) is 40.9 Å². The molecule has 4 atom stereocenters. The average Bonchev–Trinajstić information content (AvgIpc) is 3.37. The second-order valence-corrected chi connectivity index (χ2v) is 7.44. The fraction of sp³-hybridized carbons (Fsp3) is 0.500. The Labute approximate surface area is 148 Å². The zero-order valence-corrected chi connectivity index (χ0v) is 14.6. The number of amides is 2. The van der Waals surface area contributed by atoms with Crippen molar-refractivity contribution in [3.63, 3.8) is 0 Å². The van der Waals surface area contributed by atoms with Crippen LogP contribution in [-0.4, -0.2) is 17.1 Å². The van der Waals surface area contributed by atoms with Gasteiger partial charge >= 0.3 is 6.03 Å². The monoisotopic (exact) mass is 339 g/mol. The van der Waals surface area contributed by atoms with Crippen LogP contribution in [0.5, 0.6) is 0 Å². The topological polar surface area (TPSA) is 67.2 Å². The third-order valence-corrected chi connectivity index (χ3v) is 5.81. The van der Waals surface area contributed by atoms with E-state index in [4.69, 9.17) is 4.42 Å². The number of nitrogens with zero attached hydrogens (tertiary/aromatic N) is 1. The van der Waals surface area contributed by atoms with E-state index in [1.807, 2.05) is 30.3 Å².